The summed E-state index contributed by atoms with van der Waals surface area (Å²) < 4.78 is 5.50. The smallest absolute Gasteiger partial charge is 0.260 e. The number of anilines is 1. The Balaban J connectivity index is 1.81. The number of ether oxygens (including phenoxy) is 1. The highest BCUT2D eigenvalue weighted by molar-refractivity contribution is 6.30. The Hall–Kier alpha value is -2.53. The first-order chi connectivity index (χ1) is 11.8. The normalized spacial score (nSPS) is 10.2. The number of benzene rings is 2. The number of nitrogens with zero attached hydrogens (tertiary/aromatic N) is 1. The van der Waals surface area contributed by atoms with E-state index in [-0.39, 0.29) is 25.0 Å². The van der Waals surface area contributed by atoms with Gasteiger partial charge in [0.2, 0.25) is 5.91 Å². The number of aryl methyl sites for hydroxylation is 2. The van der Waals surface area contributed by atoms with Crippen molar-refractivity contribution in [2.45, 2.75) is 13.8 Å². The summed E-state index contributed by atoms with van der Waals surface area (Å²) in [4.78, 5) is 25.4. The molecule has 0 aliphatic rings. The van der Waals surface area contributed by atoms with Crippen molar-refractivity contribution in [2.24, 2.45) is 0 Å². The Bertz CT molecular complexity index is 760. The van der Waals surface area contributed by atoms with Crippen LogP contribution in [0.5, 0.6) is 5.75 Å². The number of hydrogen-bond acceptors (Lipinski definition) is 3. The van der Waals surface area contributed by atoms with Crippen molar-refractivity contribution < 1.29 is 14.3 Å². The molecule has 6 heteroatoms. The molecule has 0 bridgehead atoms. The largest absolute Gasteiger partial charge is 0.484 e. The number of carbonyl (C=O) groups excluding carboxylic acids is 2. The summed E-state index contributed by atoms with van der Waals surface area (Å²) in [7, 11) is 1.56. The molecule has 0 spiro atoms. The van der Waals surface area contributed by atoms with E-state index < -0.39 is 0 Å². The Morgan fingerprint density at radius 1 is 1.08 bits per heavy atom. The van der Waals surface area contributed by atoms with E-state index in [0.29, 0.717) is 16.5 Å². The van der Waals surface area contributed by atoms with Crippen LogP contribution in [-0.2, 0) is 9.59 Å². The van der Waals surface area contributed by atoms with Crippen LogP contribution in [0.2, 0.25) is 5.02 Å². The van der Waals surface area contributed by atoms with Crippen molar-refractivity contribution >= 4 is 29.1 Å². The van der Waals surface area contributed by atoms with Gasteiger partial charge >= 0.3 is 0 Å². The second kappa shape index (κ2) is 8.53. The Labute approximate surface area is 152 Å². The summed E-state index contributed by atoms with van der Waals surface area (Å²) in [5.41, 5.74) is 2.89. The molecule has 0 aliphatic carbocycles. The van der Waals surface area contributed by atoms with Crippen LogP contribution in [0.4, 0.5) is 5.69 Å². The van der Waals surface area contributed by atoms with Crippen LogP contribution >= 0.6 is 11.6 Å². The van der Waals surface area contributed by atoms with Crippen LogP contribution in [-0.4, -0.2) is 36.9 Å². The standard InChI is InChI=1S/C19H21ClN2O3/c1-13-4-9-17(10-14(13)2)25-12-19(24)22(3)11-18(23)21-16-7-5-15(20)6-8-16/h4-10H,11-12H2,1-3H3,(H,21,23). The van der Waals surface area contributed by atoms with Crippen LogP contribution < -0.4 is 10.1 Å². The molecule has 0 radical (unpaired) electrons. The van der Waals surface area contributed by atoms with Gasteiger partial charge in [0, 0.05) is 17.8 Å². The first-order valence-corrected chi connectivity index (χ1v) is 8.22. The molecule has 0 unspecified atom stereocenters. The van der Waals surface area contributed by atoms with Gasteiger partial charge in [-0.2, -0.15) is 0 Å². The van der Waals surface area contributed by atoms with Gasteiger partial charge in [-0.1, -0.05) is 17.7 Å². The van der Waals surface area contributed by atoms with Gasteiger partial charge in [0.25, 0.3) is 5.91 Å². The van der Waals surface area contributed by atoms with Gasteiger partial charge in [-0.05, 0) is 61.4 Å². The highest BCUT2D eigenvalue weighted by Gasteiger charge is 2.14. The van der Waals surface area contributed by atoms with Crippen molar-refractivity contribution in [2.75, 3.05) is 25.5 Å². The molecule has 2 rings (SSSR count). The van der Waals surface area contributed by atoms with Crippen LogP contribution in [0.3, 0.4) is 0 Å². The van der Waals surface area contributed by atoms with Crippen LogP contribution in [0.25, 0.3) is 0 Å². The number of rotatable bonds is 6. The van der Waals surface area contributed by atoms with E-state index in [1.807, 2.05) is 32.0 Å². The number of halogens is 1. The first-order valence-electron chi connectivity index (χ1n) is 7.84. The zero-order valence-corrected chi connectivity index (χ0v) is 15.3. The summed E-state index contributed by atoms with van der Waals surface area (Å²) in [6, 6.07) is 12.4. The van der Waals surface area contributed by atoms with E-state index in [1.165, 1.54) is 4.90 Å². The number of carbonyl (C=O) groups is 2. The first kappa shape index (κ1) is 18.8. The Morgan fingerprint density at radius 2 is 1.76 bits per heavy atom. The molecule has 132 valence electrons. The fraction of sp³-hybridized carbons (Fsp3) is 0.263. The lowest BCUT2D eigenvalue weighted by Gasteiger charge is -2.17. The topological polar surface area (TPSA) is 58.6 Å². The molecule has 1 N–H and O–H groups in total. The molecule has 0 atom stereocenters. The van der Waals surface area contributed by atoms with Gasteiger partial charge in [-0.15, -0.1) is 0 Å². The van der Waals surface area contributed by atoms with Crippen LogP contribution in [0.1, 0.15) is 11.1 Å². The highest BCUT2D eigenvalue weighted by atomic mass is 35.5. The SMILES string of the molecule is Cc1ccc(OCC(=O)N(C)CC(=O)Nc2ccc(Cl)cc2)cc1C. The lowest BCUT2D eigenvalue weighted by molar-refractivity contribution is -0.135. The summed E-state index contributed by atoms with van der Waals surface area (Å²) in [6.07, 6.45) is 0. The van der Waals surface area contributed by atoms with Gasteiger partial charge in [0.1, 0.15) is 5.75 Å². The molecule has 25 heavy (non-hydrogen) atoms. The average Bonchev–Trinajstić information content (AvgIpc) is 2.57. The molecule has 2 aromatic rings. The number of hydrogen-bond donors (Lipinski definition) is 1. The fourth-order valence-electron chi connectivity index (χ4n) is 2.10. The van der Waals surface area contributed by atoms with Gasteiger partial charge in [0.05, 0.1) is 6.54 Å². The molecule has 2 amide bonds. The minimum atomic E-state index is -0.288. The van der Waals surface area contributed by atoms with Crippen molar-refractivity contribution in [3.05, 3.63) is 58.6 Å². The molecule has 0 heterocycles. The van der Waals surface area contributed by atoms with E-state index in [4.69, 9.17) is 16.3 Å². The fourth-order valence-corrected chi connectivity index (χ4v) is 2.22. The minimum Gasteiger partial charge on any atom is -0.484 e. The predicted octanol–water partition coefficient (Wildman–Crippen LogP) is 3.43. The zero-order valence-electron chi connectivity index (χ0n) is 14.5. The Morgan fingerprint density at radius 3 is 2.40 bits per heavy atom. The third-order valence-corrected chi connectivity index (χ3v) is 4.03. The van der Waals surface area contributed by atoms with Crippen molar-refractivity contribution in [1.29, 1.82) is 0 Å². The van der Waals surface area contributed by atoms with Crippen LogP contribution in [0.15, 0.2) is 42.5 Å². The Kier molecular flexibility index (Phi) is 6.42. The summed E-state index contributed by atoms with van der Waals surface area (Å²) in [6.45, 7) is 3.82. The third kappa shape index (κ3) is 5.80. The number of likely N-dealkylation sites (N-methyl/N-ethyl adjacent to an activating group) is 1. The number of nitrogens with one attached hydrogen (secondary N) is 1. The van der Waals surface area contributed by atoms with Crippen molar-refractivity contribution in [3.63, 3.8) is 0 Å². The molecular weight excluding hydrogens is 340 g/mol. The summed E-state index contributed by atoms with van der Waals surface area (Å²) >= 11 is 5.80. The molecule has 0 aromatic heterocycles. The van der Waals surface area contributed by atoms with Crippen molar-refractivity contribution in [1.82, 2.24) is 4.90 Å². The van der Waals surface area contributed by atoms with Gasteiger partial charge in [-0.3, -0.25) is 9.59 Å². The third-order valence-electron chi connectivity index (χ3n) is 3.78. The molecule has 0 saturated carbocycles. The molecule has 0 saturated heterocycles. The highest BCUT2D eigenvalue weighted by Crippen LogP contribution is 2.16. The van der Waals surface area contributed by atoms with Gasteiger partial charge in [-0.25, -0.2) is 0 Å². The van der Waals surface area contributed by atoms with Gasteiger partial charge < -0.3 is 15.0 Å². The maximum atomic E-state index is 12.1. The van der Waals surface area contributed by atoms with E-state index in [0.717, 1.165) is 11.1 Å². The van der Waals surface area contributed by atoms with E-state index in [9.17, 15) is 9.59 Å². The predicted molar refractivity (Wildman–Crippen MR) is 99.1 cm³/mol. The monoisotopic (exact) mass is 360 g/mol. The lowest BCUT2D eigenvalue weighted by atomic mass is 10.1. The van der Waals surface area contributed by atoms with Gasteiger partial charge in [0.15, 0.2) is 6.61 Å². The minimum absolute atomic E-state index is 0.0578. The van der Waals surface area contributed by atoms with E-state index in [1.54, 1.807) is 31.3 Å². The second-order valence-electron chi connectivity index (χ2n) is 5.84. The molecule has 0 fully saturated rings. The van der Waals surface area contributed by atoms with Crippen LogP contribution in [0, 0.1) is 13.8 Å². The maximum Gasteiger partial charge on any atom is 0.260 e. The quantitative estimate of drug-likeness (QED) is 0.858. The second-order valence-corrected chi connectivity index (χ2v) is 6.28. The molecule has 5 nitrogen and oxygen atoms in total. The molecule has 2 aromatic carbocycles. The molecular formula is C19H21ClN2O3. The number of amides is 2. The van der Waals surface area contributed by atoms with Crippen molar-refractivity contribution in [3.8, 4) is 5.75 Å². The molecule has 0 aliphatic heterocycles. The maximum absolute atomic E-state index is 12.1. The lowest BCUT2D eigenvalue weighted by Crippen LogP contribution is -2.37. The average molecular weight is 361 g/mol. The summed E-state index contributed by atoms with van der Waals surface area (Å²) in [5, 5.41) is 3.30. The van der Waals surface area contributed by atoms with E-state index in [2.05, 4.69) is 5.32 Å². The zero-order chi connectivity index (χ0) is 18.4. The summed E-state index contributed by atoms with van der Waals surface area (Å²) in [5.74, 6) is 0.0734. The van der Waals surface area contributed by atoms with E-state index >= 15 is 0 Å².